The monoisotopic (exact) mass is 260 g/mol. The number of aliphatic carboxylic acids is 1. The Morgan fingerprint density at radius 2 is 2.18 bits per heavy atom. The van der Waals surface area contributed by atoms with Crippen LogP contribution in [0.3, 0.4) is 0 Å². The van der Waals surface area contributed by atoms with E-state index in [-0.39, 0.29) is 16.9 Å². The molecule has 0 rings (SSSR count). The van der Waals surface area contributed by atoms with Crippen LogP contribution in [-0.2, 0) is 14.4 Å². The quantitative estimate of drug-likeness (QED) is 0.387. The molecule has 0 radical (unpaired) electrons. The predicted octanol–water partition coefficient (Wildman–Crippen LogP) is -0.390. The Hall–Kier alpha value is -1.50. The molecule has 6 nitrogen and oxygen atoms in total. The number of carbonyl (C=O) groups is 3. The largest absolute Gasteiger partial charge is 0.480 e. The minimum Gasteiger partial charge on any atom is -0.480 e. The van der Waals surface area contributed by atoms with Crippen molar-refractivity contribution in [2.45, 2.75) is 18.2 Å². The highest BCUT2D eigenvalue weighted by Crippen LogP contribution is 2.12. The molecule has 96 valence electrons. The number of rotatable bonds is 9. The first-order valence-electron chi connectivity index (χ1n) is 4.95. The number of nitrogens with one attached hydrogen (secondary N) is 2. The van der Waals surface area contributed by atoms with Crippen molar-refractivity contribution in [1.29, 1.82) is 0 Å². The van der Waals surface area contributed by atoms with Crippen molar-refractivity contribution in [2.75, 3.05) is 12.3 Å². The van der Waals surface area contributed by atoms with Gasteiger partial charge in [0.25, 0.3) is 0 Å². The molecule has 0 spiro atoms. The van der Waals surface area contributed by atoms with Gasteiger partial charge < -0.3 is 15.7 Å². The smallest absolute Gasteiger partial charge is 0.327 e. The molecule has 2 unspecified atom stereocenters. The summed E-state index contributed by atoms with van der Waals surface area (Å²) in [6, 6.07) is -0.979. The summed E-state index contributed by atoms with van der Waals surface area (Å²) < 4.78 is 0. The van der Waals surface area contributed by atoms with Crippen LogP contribution < -0.4 is 10.6 Å². The van der Waals surface area contributed by atoms with Gasteiger partial charge in [0.05, 0.1) is 5.25 Å². The molecule has 0 aromatic heterocycles. The third kappa shape index (κ3) is 6.62. The lowest BCUT2D eigenvalue weighted by atomic mass is 10.3. The molecule has 0 aliphatic heterocycles. The maximum absolute atomic E-state index is 11.4. The lowest BCUT2D eigenvalue weighted by Crippen LogP contribution is -2.39. The molecular weight excluding hydrogens is 244 g/mol. The highest BCUT2D eigenvalue weighted by Gasteiger charge is 2.20. The van der Waals surface area contributed by atoms with Crippen molar-refractivity contribution in [3.8, 4) is 0 Å². The van der Waals surface area contributed by atoms with Gasteiger partial charge in [-0.1, -0.05) is 6.08 Å². The van der Waals surface area contributed by atoms with Gasteiger partial charge in [-0.15, -0.1) is 18.3 Å². The van der Waals surface area contributed by atoms with Crippen LogP contribution in [0.1, 0.15) is 6.92 Å². The Kier molecular flexibility index (Phi) is 7.87. The minimum absolute atomic E-state index is 0.136. The first-order valence-corrected chi connectivity index (χ1v) is 6.00. The van der Waals surface area contributed by atoms with E-state index in [9.17, 15) is 14.4 Å². The van der Waals surface area contributed by atoms with Crippen LogP contribution >= 0.6 is 11.8 Å². The topological polar surface area (TPSA) is 95.5 Å². The minimum atomic E-state index is -1.12. The summed E-state index contributed by atoms with van der Waals surface area (Å²) in [5.74, 6) is -1.18. The second-order valence-electron chi connectivity index (χ2n) is 3.18. The molecule has 3 N–H and O–H groups in total. The summed E-state index contributed by atoms with van der Waals surface area (Å²) in [6.07, 6.45) is 1.89. The van der Waals surface area contributed by atoms with Gasteiger partial charge in [-0.3, -0.25) is 9.59 Å². The van der Waals surface area contributed by atoms with E-state index in [0.717, 1.165) is 11.8 Å². The van der Waals surface area contributed by atoms with Gasteiger partial charge in [-0.05, 0) is 6.92 Å². The standard InChI is InChI=1S/C10H16N2O4S/c1-3-4-11-9(14)7(2)17-5-8(10(15)16)12-6-13/h3,6-8H,1,4-5H2,2H3,(H,11,14)(H,12,13)(H,15,16). The lowest BCUT2D eigenvalue weighted by molar-refractivity contribution is -0.139. The van der Waals surface area contributed by atoms with Crippen LogP contribution in [0.2, 0.25) is 0 Å². The molecule has 7 heteroatoms. The first kappa shape index (κ1) is 15.5. The second-order valence-corrected chi connectivity index (χ2v) is 4.56. The Balaban J connectivity index is 4.06. The van der Waals surface area contributed by atoms with Crippen molar-refractivity contribution >= 4 is 30.0 Å². The number of amides is 2. The highest BCUT2D eigenvalue weighted by molar-refractivity contribution is 8.00. The van der Waals surface area contributed by atoms with E-state index in [2.05, 4.69) is 17.2 Å². The molecule has 0 saturated heterocycles. The molecule has 2 atom stereocenters. The maximum Gasteiger partial charge on any atom is 0.327 e. The average molecular weight is 260 g/mol. The second kappa shape index (κ2) is 8.63. The normalized spacial score (nSPS) is 13.2. The van der Waals surface area contributed by atoms with Crippen LogP contribution in [0.25, 0.3) is 0 Å². The molecule has 0 fully saturated rings. The van der Waals surface area contributed by atoms with Crippen LogP contribution in [0.4, 0.5) is 0 Å². The van der Waals surface area contributed by atoms with E-state index >= 15 is 0 Å². The molecule has 0 aliphatic rings. The summed E-state index contributed by atoms with van der Waals surface area (Å²) in [6.45, 7) is 5.51. The van der Waals surface area contributed by atoms with Gasteiger partial charge in [0.15, 0.2) is 0 Å². The van der Waals surface area contributed by atoms with Crippen LogP contribution in [0, 0.1) is 0 Å². The van der Waals surface area contributed by atoms with Gasteiger partial charge in [-0.25, -0.2) is 4.79 Å². The summed E-state index contributed by atoms with van der Waals surface area (Å²) in [5, 5.41) is 13.1. The van der Waals surface area contributed by atoms with Gasteiger partial charge in [-0.2, -0.15) is 0 Å². The third-order valence-corrected chi connectivity index (χ3v) is 3.11. The van der Waals surface area contributed by atoms with Crippen molar-refractivity contribution < 1.29 is 19.5 Å². The van der Waals surface area contributed by atoms with E-state index < -0.39 is 12.0 Å². The Bertz CT molecular complexity index is 296. The number of carboxylic acid groups (broad SMARTS) is 1. The number of carboxylic acids is 1. The maximum atomic E-state index is 11.4. The van der Waals surface area contributed by atoms with Gasteiger partial charge in [0, 0.05) is 12.3 Å². The van der Waals surface area contributed by atoms with Crippen molar-refractivity contribution in [1.82, 2.24) is 10.6 Å². The van der Waals surface area contributed by atoms with Crippen LogP contribution in [0.15, 0.2) is 12.7 Å². The Morgan fingerprint density at radius 3 is 2.65 bits per heavy atom. The van der Waals surface area contributed by atoms with E-state index in [4.69, 9.17) is 5.11 Å². The van der Waals surface area contributed by atoms with E-state index in [0.29, 0.717) is 13.0 Å². The fraction of sp³-hybridized carbons (Fsp3) is 0.500. The fourth-order valence-corrected chi connectivity index (χ4v) is 1.86. The summed E-state index contributed by atoms with van der Waals surface area (Å²) in [7, 11) is 0. The molecule has 17 heavy (non-hydrogen) atoms. The van der Waals surface area contributed by atoms with E-state index in [1.165, 1.54) is 0 Å². The van der Waals surface area contributed by atoms with Crippen molar-refractivity contribution in [3.05, 3.63) is 12.7 Å². The number of hydrogen-bond donors (Lipinski definition) is 3. The Labute approximate surface area is 104 Å². The number of hydrogen-bond acceptors (Lipinski definition) is 4. The molecule has 0 bridgehead atoms. The van der Waals surface area contributed by atoms with Gasteiger partial charge >= 0.3 is 5.97 Å². The molecule has 2 amide bonds. The SMILES string of the molecule is C=CCNC(=O)C(C)SCC(NC=O)C(=O)O. The van der Waals surface area contributed by atoms with Crippen LogP contribution in [0.5, 0.6) is 0 Å². The van der Waals surface area contributed by atoms with Gasteiger partial charge in [0.2, 0.25) is 12.3 Å². The zero-order valence-corrected chi connectivity index (χ0v) is 10.3. The molecule has 0 aromatic carbocycles. The van der Waals surface area contributed by atoms with Crippen molar-refractivity contribution in [2.24, 2.45) is 0 Å². The average Bonchev–Trinajstić information content (AvgIpc) is 2.30. The van der Waals surface area contributed by atoms with E-state index in [1.54, 1.807) is 13.0 Å². The van der Waals surface area contributed by atoms with Crippen molar-refractivity contribution in [3.63, 3.8) is 0 Å². The number of thioether (sulfide) groups is 1. The van der Waals surface area contributed by atoms with E-state index in [1.807, 2.05) is 0 Å². The summed E-state index contributed by atoms with van der Waals surface area (Å²) >= 11 is 1.16. The zero-order valence-electron chi connectivity index (χ0n) is 9.51. The Morgan fingerprint density at radius 1 is 1.53 bits per heavy atom. The molecule has 0 aliphatic carbocycles. The zero-order chi connectivity index (χ0) is 13.3. The fourth-order valence-electron chi connectivity index (χ4n) is 0.906. The summed E-state index contributed by atoms with van der Waals surface area (Å²) in [4.78, 5) is 32.3. The summed E-state index contributed by atoms with van der Waals surface area (Å²) in [5.41, 5.74) is 0. The number of carbonyl (C=O) groups excluding carboxylic acids is 2. The van der Waals surface area contributed by atoms with Gasteiger partial charge in [0.1, 0.15) is 6.04 Å². The molecule has 0 heterocycles. The lowest BCUT2D eigenvalue weighted by Gasteiger charge is -2.14. The predicted molar refractivity (Wildman–Crippen MR) is 65.8 cm³/mol. The first-order chi connectivity index (χ1) is 8.02. The molecular formula is C10H16N2O4S. The highest BCUT2D eigenvalue weighted by atomic mass is 32.2. The molecule has 0 aromatic rings. The van der Waals surface area contributed by atoms with Crippen LogP contribution in [-0.4, -0.2) is 47.0 Å². The molecule has 0 saturated carbocycles. The third-order valence-electron chi connectivity index (χ3n) is 1.87.